The Morgan fingerprint density at radius 2 is 2.04 bits per heavy atom. The van der Waals surface area contributed by atoms with Gasteiger partial charge in [-0.05, 0) is 56.5 Å². The summed E-state index contributed by atoms with van der Waals surface area (Å²) >= 11 is 0. The first kappa shape index (κ1) is 15.8. The van der Waals surface area contributed by atoms with Crippen molar-refractivity contribution in [2.75, 3.05) is 25.0 Å². The molecule has 6 heteroatoms. The molecular weight excluding hydrogens is 324 g/mol. The fourth-order valence-electron chi connectivity index (χ4n) is 4.00. The first-order chi connectivity index (χ1) is 12.8. The molecule has 1 fully saturated rings. The summed E-state index contributed by atoms with van der Waals surface area (Å²) in [5, 5.41) is 8.93. The number of rotatable bonds is 4. The van der Waals surface area contributed by atoms with Gasteiger partial charge in [-0.1, -0.05) is 6.07 Å². The quantitative estimate of drug-likeness (QED) is 0.724. The summed E-state index contributed by atoms with van der Waals surface area (Å²) < 4.78 is 2.08. The van der Waals surface area contributed by atoms with Crippen LogP contribution < -0.4 is 4.90 Å². The van der Waals surface area contributed by atoms with Crippen LogP contribution in [0.25, 0.3) is 5.65 Å². The SMILES string of the molecule is CN(Cc1cn2ccccc2n1)C1CN(c2cc3c(nn2)CCCC3)C1. The zero-order valence-electron chi connectivity index (χ0n) is 15.2. The molecule has 5 rings (SSSR count). The molecule has 3 aromatic rings. The van der Waals surface area contributed by atoms with E-state index in [-0.39, 0.29) is 0 Å². The maximum absolute atomic E-state index is 4.70. The van der Waals surface area contributed by atoms with Crippen LogP contribution in [0.4, 0.5) is 5.82 Å². The minimum atomic E-state index is 0.539. The van der Waals surface area contributed by atoms with Crippen molar-refractivity contribution >= 4 is 11.5 Å². The molecule has 0 atom stereocenters. The Hall–Kier alpha value is -2.47. The van der Waals surface area contributed by atoms with Crippen molar-refractivity contribution in [3.8, 4) is 0 Å². The molecule has 1 aliphatic heterocycles. The van der Waals surface area contributed by atoms with Gasteiger partial charge in [-0.15, -0.1) is 5.10 Å². The highest BCUT2D eigenvalue weighted by atomic mass is 15.4. The van der Waals surface area contributed by atoms with Gasteiger partial charge in [0.1, 0.15) is 5.65 Å². The monoisotopic (exact) mass is 348 g/mol. The fraction of sp³-hybridized carbons (Fsp3) is 0.450. The molecule has 26 heavy (non-hydrogen) atoms. The molecule has 0 spiro atoms. The Bertz CT molecular complexity index is 894. The maximum Gasteiger partial charge on any atom is 0.151 e. The van der Waals surface area contributed by atoms with Gasteiger partial charge in [0.15, 0.2) is 5.82 Å². The summed E-state index contributed by atoms with van der Waals surface area (Å²) in [6, 6.07) is 8.91. The average molecular weight is 348 g/mol. The molecule has 0 radical (unpaired) electrons. The lowest BCUT2D eigenvalue weighted by atomic mass is 9.96. The van der Waals surface area contributed by atoms with Crippen LogP contribution in [0.5, 0.6) is 0 Å². The van der Waals surface area contributed by atoms with Crippen LogP contribution in [0.2, 0.25) is 0 Å². The van der Waals surface area contributed by atoms with E-state index in [4.69, 9.17) is 4.98 Å². The van der Waals surface area contributed by atoms with Crippen LogP contribution in [0.3, 0.4) is 0 Å². The number of fused-ring (bicyclic) bond motifs is 2. The van der Waals surface area contributed by atoms with E-state index in [1.54, 1.807) is 0 Å². The molecule has 0 unspecified atom stereocenters. The minimum absolute atomic E-state index is 0.539. The zero-order chi connectivity index (χ0) is 17.5. The molecule has 0 bridgehead atoms. The second-order valence-corrected chi connectivity index (χ2v) is 7.55. The Kier molecular flexibility index (Phi) is 3.85. The van der Waals surface area contributed by atoms with E-state index in [0.29, 0.717) is 6.04 Å². The normalized spacial score (nSPS) is 17.5. The number of likely N-dealkylation sites (N-methyl/N-ethyl adjacent to an activating group) is 1. The Labute approximate surface area is 153 Å². The molecule has 3 aromatic heterocycles. The van der Waals surface area contributed by atoms with Crippen molar-refractivity contribution in [3.05, 3.63) is 53.6 Å². The van der Waals surface area contributed by atoms with E-state index in [1.165, 1.54) is 24.1 Å². The molecule has 6 nitrogen and oxygen atoms in total. The van der Waals surface area contributed by atoms with E-state index in [0.717, 1.165) is 49.6 Å². The van der Waals surface area contributed by atoms with Gasteiger partial charge in [-0.25, -0.2) is 4.98 Å². The second kappa shape index (κ2) is 6.36. The smallest absolute Gasteiger partial charge is 0.151 e. The topological polar surface area (TPSA) is 49.6 Å². The number of imidazole rings is 1. The van der Waals surface area contributed by atoms with Gasteiger partial charge < -0.3 is 9.30 Å². The van der Waals surface area contributed by atoms with Crippen molar-refractivity contribution in [3.63, 3.8) is 0 Å². The lowest BCUT2D eigenvalue weighted by Crippen LogP contribution is -2.58. The fourth-order valence-corrected chi connectivity index (χ4v) is 4.00. The molecule has 4 heterocycles. The number of anilines is 1. The van der Waals surface area contributed by atoms with E-state index >= 15 is 0 Å². The van der Waals surface area contributed by atoms with Gasteiger partial charge in [-0.3, -0.25) is 4.90 Å². The van der Waals surface area contributed by atoms with Crippen molar-refractivity contribution < 1.29 is 0 Å². The van der Waals surface area contributed by atoms with E-state index < -0.39 is 0 Å². The Balaban J connectivity index is 1.22. The summed E-state index contributed by atoms with van der Waals surface area (Å²) in [4.78, 5) is 9.44. The van der Waals surface area contributed by atoms with Crippen molar-refractivity contribution in [1.29, 1.82) is 0 Å². The highest BCUT2D eigenvalue weighted by Crippen LogP contribution is 2.26. The Morgan fingerprint density at radius 3 is 2.92 bits per heavy atom. The molecule has 0 amide bonds. The molecular formula is C20H24N6. The lowest BCUT2D eigenvalue weighted by Gasteiger charge is -2.44. The second-order valence-electron chi connectivity index (χ2n) is 7.55. The lowest BCUT2D eigenvalue weighted by molar-refractivity contribution is 0.195. The Morgan fingerprint density at radius 1 is 1.15 bits per heavy atom. The maximum atomic E-state index is 4.70. The van der Waals surface area contributed by atoms with Crippen LogP contribution in [0.1, 0.15) is 29.8 Å². The van der Waals surface area contributed by atoms with Crippen molar-refractivity contribution in [1.82, 2.24) is 24.5 Å². The van der Waals surface area contributed by atoms with E-state index in [2.05, 4.69) is 43.7 Å². The van der Waals surface area contributed by atoms with Crippen LogP contribution in [0, 0.1) is 0 Å². The first-order valence-electron chi connectivity index (χ1n) is 9.49. The third-order valence-corrected chi connectivity index (χ3v) is 5.69. The molecule has 1 aliphatic carbocycles. The highest BCUT2D eigenvalue weighted by molar-refractivity contribution is 5.45. The van der Waals surface area contributed by atoms with E-state index in [9.17, 15) is 0 Å². The number of pyridine rings is 1. The highest BCUT2D eigenvalue weighted by Gasteiger charge is 2.32. The van der Waals surface area contributed by atoms with Gasteiger partial charge in [-0.2, -0.15) is 5.10 Å². The van der Waals surface area contributed by atoms with Crippen LogP contribution in [-0.4, -0.2) is 50.7 Å². The predicted molar refractivity (Wildman–Crippen MR) is 101 cm³/mol. The number of hydrogen-bond donors (Lipinski definition) is 0. The molecule has 0 aromatic carbocycles. The van der Waals surface area contributed by atoms with Gasteiger partial charge in [0.05, 0.1) is 11.4 Å². The largest absolute Gasteiger partial charge is 0.352 e. The van der Waals surface area contributed by atoms with Crippen LogP contribution in [-0.2, 0) is 19.4 Å². The molecule has 1 saturated heterocycles. The molecule has 0 saturated carbocycles. The van der Waals surface area contributed by atoms with Gasteiger partial charge >= 0.3 is 0 Å². The average Bonchev–Trinajstić information content (AvgIpc) is 3.02. The summed E-state index contributed by atoms with van der Waals surface area (Å²) in [5.41, 5.74) is 4.74. The zero-order valence-corrected chi connectivity index (χ0v) is 15.2. The molecule has 2 aliphatic rings. The van der Waals surface area contributed by atoms with E-state index in [1.807, 2.05) is 24.4 Å². The van der Waals surface area contributed by atoms with Gasteiger partial charge in [0.2, 0.25) is 0 Å². The molecule has 134 valence electrons. The summed E-state index contributed by atoms with van der Waals surface area (Å²) in [5.74, 6) is 1.04. The number of aromatic nitrogens is 4. The third kappa shape index (κ3) is 2.84. The van der Waals surface area contributed by atoms with Gasteiger partial charge in [0.25, 0.3) is 0 Å². The molecule has 0 N–H and O–H groups in total. The number of hydrogen-bond acceptors (Lipinski definition) is 5. The third-order valence-electron chi connectivity index (χ3n) is 5.69. The summed E-state index contributed by atoms with van der Waals surface area (Å²) in [7, 11) is 2.19. The summed E-state index contributed by atoms with van der Waals surface area (Å²) in [6.45, 7) is 2.89. The van der Waals surface area contributed by atoms with Crippen molar-refractivity contribution in [2.45, 2.75) is 38.3 Å². The predicted octanol–water partition coefficient (Wildman–Crippen LogP) is 2.32. The van der Waals surface area contributed by atoms with Crippen LogP contribution in [0.15, 0.2) is 36.7 Å². The standard InChI is InChI=1S/C20H24N6/c1-24(11-16-12-25-9-5-4-8-19(25)21-16)17-13-26(14-17)20-10-15-6-2-3-7-18(15)22-23-20/h4-5,8-10,12,17H,2-3,6-7,11,13-14H2,1H3. The number of nitrogens with zero attached hydrogens (tertiary/aromatic N) is 6. The number of aryl methyl sites for hydroxylation is 2. The van der Waals surface area contributed by atoms with Crippen molar-refractivity contribution in [2.24, 2.45) is 0 Å². The van der Waals surface area contributed by atoms with Crippen LogP contribution >= 0.6 is 0 Å². The first-order valence-corrected chi connectivity index (χ1v) is 9.49. The minimum Gasteiger partial charge on any atom is -0.352 e. The summed E-state index contributed by atoms with van der Waals surface area (Å²) in [6.07, 6.45) is 8.95. The van der Waals surface area contributed by atoms with Gasteiger partial charge in [0, 0.05) is 38.1 Å².